The van der Waals surface area contributed by atoms with Crippen LogP contribution >= 0.6 is 0 Å². The lowest BCUT2D eigenvalue weighted by atomic mass is 10.0. The highest BCUT2D eigenvalue weighted by Crippen LogP contribution is 2.28. The van der Waals surface area contributed by atoms with Crippen molar-refractivity contribution in [1.29, 1.82) is 0 Å². The van der Waals surface area contributed by atoms with Crippen LogP contribution in [-0.4, -0.2) is 53.8 Å². The fraction of sp³-hybridized carbons (Fsp3) is 0.800. The summed E-state index contributed by atoms with van der Waals surface area (Å²) in [6.45, 7) is 9.15. The molecule has 5 nitrogen and oxygen atoms in total. The molecule has 0 saturated carbocycles. The number of aromatic nitrogens is 2. The van der Waals surface area contributed by atoms with Gasteiger partial charge in [-0.25, -0.2) is 4.98 Å². The Morgan fingerprint density at radius 2 is 2.25 bits per heavy atom. The Bertz CT molecular complexity index is 393. The normalized spacial score (nSPS) is 24.1. The average Bonchev–Trinajstić information content (AvgIpc) is 2.88. The first kappa shape index (κ1) is 15.5. The van der Waals surface area contributed by atoms with Crippen LogP contribution in [0.3, 0.4) is 0 Å². The smallest absolute Gasteiger partial charge is 0.0948 e. The molecule has 1 aromatic heterocycles. The number of aryl methyl sites for hydroxylation is 1. The Morgan fingerprint density at radius 1 is 1.40 bits per heavy atom. The first-order valence-corrected chi connectivity index (χ1v) is 7.80. The van der Waals surface area contributed by atoms with Crippen molar-refractivity contribution in [1.82, 2.24) is 19.8 Å². The van der Waals surface area contributed by atoms with Crippen molar-refractivity contribution in [2.45, 2.75) is 45.4 Å². The minimum Gasteiger partial charge on any atom is -0.374 e. The van der Waals surface area contributed by atoms with Gasteiger partial charge in [-0.3, -0.25) is 4.90 Å². The fourth-order valence-electron chi connectivity index (χ4n) is 2.88. The Hall–Kier alpha value is -0.910. The first-order valence-electron chi connectivity index (χ1n) is 7.80. The maximum atomic E-state index is 6.02. The summed E-state index contributed by atoms with van der Waals surface area (Å²) in [4.78, 5) is 6.74. The summed E-state index contributed by atoms with van der Waals surface area (Å²) in [6.07, 6.45) is 6.42. The van der Waals surface area contributed by atoms with Gasteiger partial charge in [0.15, 0.2) is 0 Å². The third-order valence-corrected chi connectivity index (χ3v) is 3.89. The molecular weight excluding hydrogens is 252 g/mol. The third kappa shape index (κ3) is 3.59. The number of imidazole rings is 1. The highest BCUT2D eigenvalue weighted by molar-refractivity contribution is 5.09. The van der Waals surface area contributed by atoms with Crippen molar-refractivity contribution in [2.24, 2.45) is 0 Å². The van der Waals surface area contributed by atoms with Crippen LogP contribution in [0.2, 0.25) is 0 Å². The third-order valence-electron chi connectivity index (χ3n) is 3.89. The van der Waals surface area contributed by atoms with Crippen molar-refractivity contribution in [3.8, 4) is 0 Å². The summed E-state index contributed by atoms with van der Waals surface area (Å²) in [5.74, 6) is 0. The standard InChI is InChI=1S/C15H28N4O/c1-4-6-16-11-14-15(18(3)8-9-20-14)13-10-17-12-19(13)7-5-2/h10,12,14-16H,4-9,11H2,1-3H3. The average molecular weight is 280 g/mol. The van der Waals surface area contributed by atoms with Crippen LogP contribution in [0.25, 0.3) is 0 Å². The topological polar surface area (TPSA) is 42.3 Å². The SMILES string of the molecule is CCCNCC1OCCN(C)C1c1cncn1CCC. The number of rotatable bonds is 7. The zero-order valence-electron chi connectivity index (χ0n) is 13.0. The zero-order valence-corrected chi connectivity index (χ0v) is 13.0. The van der Waals surface area contributed by atoms with Gasteiger partial charge in [0.2, 0.25) is 0 Å². The highest BCUT2D eigenvalue weighted by Gasteiger charge is 2.33. The summed E-state index contributed by atoms with van der Waals surface area (Å²) in [6, 6.07) is 0.294. The summed E-state index contributed by atoms with van der Waals surface area (Å²) >= 11 is 0. The molecule has 0 aromatic carbocycles. The van der Waals surface area contributed by atoms with Crippen LogP contribution in [0.5, 0.6) is 0 Å². The Kier molecular flexibility index (Phi) is 6.01. The number of hydrogen-bond donors (Lipinski definition) is 1. The van der Waals surface area contributed by atoms with Gasteiger partial charge in [0.05, 0.1) is 30.8 Å². The molecule has 0 amide bonds. The number of morpholine rings is 1. The number of likely N-dealkylation sites (N-methyl/N-ethyl adjacent to an activating group) is 1. The number of hydrogen-bond acceptors (Lipinski definition) is 4. The van der Waals surface area contributed by atoms with Crippen LogP contribution in [0, 0.1) is 0 Å². The summed E-state index contributed by atoms with van der Waals surface area (Å²) in [5, 5.41) is 3.49. The molecule has 20 heavy (non-hydrogen) atoms. The van der Waals surface area contributed by atoms with Crippen molar-refractivity contribution in [3.05, 3.63) is 18.2 Å². The Morgan fingerprint density at radius 3 is 3.00 bits per heavy atom. The predicted octanol–water partition coefficient (Wildman–Crippen LogP) is 1.66. The first-order chi connectivity index (χ1) is 9.77. The summed E-state index contributed by atoms with van der Waals surface area (Å²) < 4.78 is 8.29. The molecule has 0 aliphatic carbocycles. The second-order valence-corrected chi connectivity index (χ2v) is 5.55. The molecule has 1 fully saturated rings. The molecule has 114 valence electrons. The van der Waals surface area contributed by atoms with E-state index in [1.165, 1.54) is 5.69 Å². The van der Waals surface area contributed by atoms with Crippen molar-refractivity contribution < 1.29 is 4.74 Å². The minimum atomic E-state index is 0.201. The van der Waals surface area contributed by atoms with E-state index in [1.807, 2.05) is 12.5 Å². The van der Waals surface area contributed by atoms with Crippen molar-refractivity contribution in [2.75, 3.05) is 33.3 Å². The zero-order chi connectivity index (χ0) is 14.4. The molecule has 2 heterocycles. The lowest BCUT2D eigenvalue weighted by Gasteiger charge is -2.39. The van der Waals surface area contributed by atoms with E-state index in [4.69, 9.17) is 4.74 Å². The second-order valence-electron chi connectivity index (χ2n) is 5.55. The molecule has 2 rings (SSSR count). The maximum Gasteiger partial charge on any atom is 0.0948 e. The lowest BCUT2D eigenvalue weighted by molar-refractivity contribution is -0.0636. The molecule has 2 atom stereocenters. The fourth-order valence-corrected chi connectivity index (χ4v) is 2.88. The molecule has 1 aromatic rings. The molecule has 2 unspecified atom stereocenters. The van der Waals surface area contributed by atoms with Crippen molar-refractivity contribution >= 4 is 0 Å². The quantitative estimate of drug-likeness (QED) is 0.772. The molecule has 1 N–H and O–H groups in total. The van der Waals surface area contributed by atoms with Crippen LogP contribution in [-0.2, 0) is 11.3 Å². The maximum absolute atomic E-state index is 6.02. The van der Waals surface area contributed by atoms with Crippen molar-refractivity contribution in [3.63, 3.8) is 0 Å². The van der Waals surface area contributed by atoms with Crippen LogP contribution < -0.4 is 5.32 Å². The van der Waals surface area contributed by atoms with Gasteiger partial charge >= 0.3 is 0 Å². The number of nitrogens with one attached hydrogen (secondary N) is 1. The molecule has 0 spiro atoms. The van der Waals surface area contributed by atoms with E-state index in [9.17, 15) is 0 Å². The minimum absolute atomic E-state index is 0.201. The van der Waals surface area contributed by atoms with Gasteiger partial charge in [0.25, 0.3) is 0 Å². The summed E-state index contributed by atoms with van der Waals surface area (Å²) in [7, 11) is 2.18. The van der Waals surface area contributed by atoms with Gasteiger partial charge in [-0.1, -0.05) is 13.8 Å². The second kappa shape index (κ2) is 7.76. The molecular formula is C15H28N4O. The molecule has 1 aliphatic rings. The molecule has 1 aliphatic heterocycles. The van der Waals surface area contributed by atoms with Gasteiger partial charge in [-0.05, 0) is 26.4 Å². The molecule has 0 bridgehead atoms. The molecule has 5 heteroatoms. The molecule has 0 radical (unpaired) electrons. The Labute approximate surface area is 122 Å². The van der Waals surface area contributed by atoms with E-state index < -0.39 is 0 Å². The van der Waals surface area contributed by atoms with Crippen LogP contribution in [0.4, 0.5) is 0 Å². The van der Waals surface area contributed by atoms with Crippen LogP contribution in [0.1, 0.15) is 38.4 Å². The van der Waals surface area contributed by atoms with E-state index in [2.05, 4.69) is 40.7 Å². The van der Waals surface area contributed by atoms with E-state index in [0.717, 1.165) is 45.6 Å². The predicted molar refractivity (Wildman–Crippen MR) is 80.8 cm³/mol. The largest absolute Gasteiger partial charge is 0.374 e. The monoisotopic (exact) mass is 280 g/mol. The van der Waals surface area contributed by atoms with E-state index >= 15 is 0 Å². The van der Waals surface area contributed by atoms with Gasteiger partial charge < -0.3 is 14.6 Å². The number of nitrogens with zero attached hydrogens (tertiary/aromatic N) is 3. The van der Waals surface area contributed by atoms with E-state index in [0.29, 0.717) is 6.04 Å². The van der Waals surface area contributed by atoms with Gasteiger partial charge in [0, 0.05) is 25.8 Å². The van der Waals surface area contributed by atoms with E-state index in [1.54, 1.807) is 0 Å². The van der Waals surface area contributed by atoms with Gasteiger partial charge in [-0.2, -0.15) is 0 Å². The van der Waals surface area contributed by atoms with Gasteiger partial charge in [-0.15, -0.1) is 0 Å². The van der Waals surface area contributed by atoms with Gasteiger partial charge in [0.1, 0.15) is 0 Å². The lowest BCUT2D eigenvalue weighted by Crippen LogP contribution is -2.48. The summed E-state index contributed by atoms with van der Waals surface area (Å²) in [5.41, 5.74) is 1.28. The molecule has 1 saturated heterocycles. The van der Waals surface area contributed by atoms with E-state index in [-0.39, 0.29) is 6.10 Å². The number of ether oxygens (including phenoxy) is 1. The Balaban J connectivity index is 2.11. The highest BCUT2D eigenvalue weighted by atomic mass is 16.5. The van der Waals surface area contributed by atoms with Crippen LogP contribution in [0.15, 0.2) is 12.5 Å².